The lowest BCUT2D eigenvalue weighted by atomic mass is 9.46. The molecule has 0 spiro atoms. The lowest BCUT2D eigenvalue weighted by Crippen LogP contribution is -2.63. The van der Waals surface area contributed by atoms with E-state index in [1.807, 2.05) is 20.8 Å². The van der Waals surface area contributed by atoms with Crippen LogP contribution in [-0.4, -0.2) is 39.1 Å². The molecule has 3 saturated carbocycles. The number of hydrogen-bond donors (Lipinski definition) is 1. The van der Waals surface area contributed by atoms with Crippen LogP contribution in [-0.2, 0) is 9.59 Å². The summed E-state index contributed by atoms with van der Waals surface area (Å²) in [5, 5.41) is 14.9. The zero-order valence-electron chi connectivity index (χ0n) is 23.3. The maximum atomic E-state index is 13.7. The van der Waals surface area contributed by atoms with Gasteiger partial charge in [-0.05, 0) is 100 Å². The molecule has 4 fully saturated rings. The Kier molecular flexibility index (Phi) is 6.47. The highest BCUT2D eigenvalue weighted by atomic mass is 16.6. The van der Waals surface area contributed by atoms with Crippen LogP contribution in [0.4, 0.5) is 5.69 Å². The minimum Gasteiger partial charge on any atom is -0.351 e. The molecule has 3 amide bonds. The number of amides is 3. The van der Waals surface area contributed by atoms with Crippen LogP contribution < -0.4 is 5.32 Å². The molecule has 7 atom stereocenters. The molecule has 38 heavy (non-hydrogen) atoms. The number of benzene rings is 1. The average molecular weight is 524 g/mol. The minimum absolute atomic E-state index is 0.0165. The number of carbonyl (C=O) groups is 3. The number of hydrogen-bond acceptors (Lipinski definition) is 5. The van der Waals surface area contributed by atoms with E-state index in [2.05, 4.69) is 19.2 Å². The second-order valence-corrected chi connectivity index (χ2v) is 13.7. The third kappa shape index (κ3) is 4.15. The zero-order valence-corrected chi connectivity index (χ0v) is 23.3. The molecule has 3 aliphatic carbocycles. The van der Waals surface area contributed by atoms with Crippen LogP contribution in [0.2, 0.25) is 0 Å². The van der Waals surface area contributed by atoms with E-state index in [0.29, 0.717) is 24.2 Å². The molecule has 0 radical (unpaired) electrons. The number of carbonyl (C=O) groups excluding carboxylic acids is 3. The van der Waals surface area contributed by atoms with E-state index in [4.69, 9.17) is 0 Å². The summed E-state index contributed by atoms with van der Waals surface area (Å²) in [6.45, 7) is 10.6. The van der Waals surface area contributed by atoms with Crippen LogP contribution >= 0.6 is 0 Å². The molecule has 5 rings (SSSR count). The molecule has 4 aliphatic rings. The van der Waals surface area contributed by atoms with E-state index in [-0.39, 0.29) is 57.8 Å². The van der Waals surface area contributed by atoms with Crippen molar-refractivity contribution in [1.29, 1.82) is 0 Å². The average Bonchev–Trinajstić information content (AvgIpc) is 3.20. The van der Waals surface area contributed by atoms with Gasteiger partial charge in [0.25, 0.3) is 11.6 Å². The van der Waals surface area contributed by atoms with Crippen LogP contribution in [0.25, 0.3) is 0 Å². The van der Waals surface area contributed by atoms with Crippen molar-refractivity contribution in [2.45, 2.75) is 97.6 Å². The highest BCUT2D eigenvalue weighted by molar-refractivity contribution is 6.07. The van der Waals surface area contributed by atoms with Crippen molar-refractivity contribution >= 4 is 23.4 Å². The van der Waals surface area contributed by atoms with Crippen LogP contribution in [0.15, 0.2) is 24.3 Å². The summed E-state index contributed by atoms with van der Waals surface area (Å²) in [7, 11) is 0. The predicted octanol–water partition coefficient (Wildman–Crippen LogP) is 5.50. The van der Waals surface area contributed by atoms with Gasteiger partial charge in [0.15, 0.2) is 0 Å². The third-order valence-electron chi connectivity index (χ3n) is 10.6. The first-order chi connectivity index (χ1) is 17.8. The Labute approximate surface area is 225 Å². The van der Waals surface area contributed by atoms with Crippen molar-refractivity contribution in [3.8, 4) is 0 Å². The molecule has 1 aromatic rings. The number of imide groups is 1. The van der Waals surface area contributed by atoms with Gasteiger partial charge in [-0.3, -0.25) is 29.4 Å². The number of nitrogens with one attached hydrogen (secondary N) is 1. The van der Waals surface area contributed by atoms with Crippen LogP contribution in [0.3, 0.4) is 0 Å². The lowest BCUT2D eigenvalue weighted by Gasteiger charge is -2.61. The summed E-state index contributed by atoms with van der Waals surface area (Å²) >= 11 is 0. The van der Waals surface area contributed by atoms with Gasteiger partial charge in [-0.1, -0.05) is 26.0 Å². The molecule has 1 heterocycles. The van der Waals surface area contributed by atoms with Gasteiger partial charge in [-0.2, -0.15) is 0 Å². The Hall–Kier alpha value is -2.77. The second-order valence-electron chi connectivity index (χ2n) is 13.7. The Morgan fingerprint density at radius 2 is 1.68 bits per heavy atom. The predicted molar refractivity (Wildman–Crippen MR) is 143 cm³/mol. The smallest absolute Gasteiger partial charge is 0.282 e. The molecule has 1 aliphatic heterocycles. The number of piperidine rings is 1. The number of para-hydroxylation sites is 1. The van der Waals surface area contributed by atoms with Gasteiger partial charge in [-0.15, -0.1) is 0 Å². The number of nitrogens with zero attached hydrogens (tertiary/aromatic N) is 2. The van der Waals surface area contributed by atoms with E-state index >= 15 is 0 Å². The summed E-state index contributed by atoms with van der Waals surface area (Å²) in [5.41, 5.74) is -0.803. The summed E-state index contributed by atoms with van der Waals surface area (Å²) in [4.78, 5) is 52.7. The van der Waals surface area contributed by atoms with Crippen molar-refractivity contribution in [3.05, 3.63) is 39.9 Å². The molecule has 0 bridgehead atoms. The largest absolute Gasteiger partial charge is 0.351 e. The monoisotopic (exact) mass is 523 g/mol. The zero-order chi connectivity index (χ0) is 27.6. The Balaban J connectivity index is 1.42. The fraction of sp³-hybridized carbons (Fsp3) is 0.700. The van der Waals surface area contributed by atoms with E-state index < -0.39 is 10.8 Å². The summed E-state index contributed by atoms with van der Waals surface area (Å²) in [6, 6.07) is 5.67. The Bertz CT molecular complexity index is 1170. The molecule has 4 unspecified atom stereocenters. The third-order valence-corrected chi connectivity index (χ3v) is 10.6. The quantitative estimate of drug-likeness (QED) is 0.320. The van der Waals surface area contributed by atoms with Gasteiger partial charge in [0.05, 0.1) is 4.92 Å². The standard InChI is InChI=1S/C30H41N3O5/c1-28(2,3)31-26(35)22-12-11-20-18-10-13-24-30(5,21(18)14-16-29(20,22)4)17-15-25(34)32(24)27(36)19-8-6-7-9-23(19)33(37)38/h6-9,18,20-22,24H,10-17H2,1-5H3,(H,31,35)/t18?,20?,21?,22?,24-,29+,30-/m1/s1. The first kappa shape index (κ1) is 26.8. The first-order valence-corrected chi connectivity index (χ1v) is 14.2. The van der Waals surface area contributed by atoms with E-state index in [1.54, 1.807) is 6.07 Å². The van der Waals surface area contributed by atoms with E-state index in [1.165, 1.54) is 23.1 Å². The lowest BCUT2D eigenvalue weighted by molar-refractivity contribution is -0.385. The van der Waals surface area contributed by atoms with Gasteiger partial charge in [0.1, 0.15) is 5.56 Å². The summed E-state index contributed by atoms with van der Waals surface area (Å²) in [6.07, 6.45) is 6.53. The SMILES string of the molecule is CC(C)(C)NC(=O)C1CCC2C3CC[C@H]4N(C(=O)c5ccccc5[N+](=O)[O-])C(=O)CC[C@]4(C)C3CC[C@]12C. The molecule has 206 valence electrons. The fourth-order valence-electron chi connectivity index (χ4n) is 8.97. The Morgan fingerprint density at radius 3 is 2.37 bits per heavy atom. The van der Waals surface area contributed by atoms with Gasteiger partial charge < -0.3 is 5.32 Å². The highest BCUT2D eigenvalue weighted by Crippen LogP contribution is 2.66. The molecule has 1 N–H and O–H groups in total. The molecular weight excluding hydrogens is 482 g/mol. The molecule has 8 nitrogen and oxygen atoms in total. The number of rotatable bonds is 3. The van der Waals surface area contributed by atoms with Crippen LogP contribution in [0.5, 0.6) is 0 Å². The maximum Gasteiger partial charge on any atom is 0.282 e. The number of nitro benzene ring substituents is 1. The van der Waals surface area contributed by atoms with Gasteiger partial charge in [-0.25, -0.2) is 0 Å². The Morgan fingerprint density at radius 1 is 1.00 bits per heavy atom. The summed E-state index contributed by atoms with van der Waals surface area (Å²) < 4.78 is 0. The van der Waals surface area contributed by atoms with E-state index in [9.17, 15) is 24.5 Å². The van der Waals surface area contributed by atoms with Gasteiger partial charge in [0.2, 0.25) is 11.8 Å². The molecule has 1 saturated heterocycles. The minimum atomic E-state index is -0.550. The van der Waals surface area contributed by atoms with Crippen molar-refractivity contribution in [3.63, 3.8) is 0 Å². The fourth-order valence-corrected chi connectivity index (χ4v) is 8.97. The number of likely N-dealkylation sites (tertiary alicyclic amines) is 1. The van der Waals surface area contributed by atoms with Crippen molar-refractivity contribution < 1.29 is 19.3 Å². The van der Waals surface area contributed by atoms with Crippen molar-refractivity contribution in [2.75, 3.05) is 0 Å². The van der Waals surface area contributed by atoms with Gasteiger partial charge in [0, 0.05) is 30.0 Å². The second kappa shape index (κ2) is 9.16. The highest BCUT2D eigenvalue weighted by Gasteiger charge is 2.63. The van der Waals surface area contributed by atoms with E-state index in [0.717, 1.165) is 38.5 Å². The molecule has 1 aromatic carbocycles. The first-order valence-electron chi connectivity index (χ1n) is 14.2. The maximum absolute atomic E-state index is 13.7. The van der Waals surface area contributed by atoms with Crippen LogP contribution in [0, 0.1) is 44.6 Å². The van der Waals surface area contributed by atoms with Crippen LogP contribution in [0.1, 0.15) is 96.3 Å². The number of nitro groups is 1. The molecule has 8 heteroatoms. The van der Waals surface area contributed by atoms with Gasteiger partial charge >= 0.3 is 0 Å². The number of fused-ring (bicyclic) bond motifs is 5. The molecule has 0 aromatic heterocycles. The van der Waals surface area contributed by atoms with Crippen molar-refractivity contribution in [2.24, 2.45) is 34.5 Å². The topological polar surface area (TPSA) is 110 Å². The molecular formula is C30H41N3O5. The normalized spacial score (nSPS) is 36.6. The van der Waals surface area contributed by atoms with Crippen molar-refractivity contribution in [1.82, 2.24) is 10.2 Å². The summed E-state index contributed by atoms with van der Waals surface area (Å²) in [5.74, 6) is 0.683.